The van der Waals surface area contributed by atoms with Crippen molar-refractivity contribution in [2.24, 2.45) is 0 Å². The first-order chi connectivity index (χ1) is 10.9. The lowest BCUT2D eigenvalue weighted by Crippen LogP contribution is -2.23. The van der Waals surface area contributed by atoms with Crippen LogP contribution in [0.3, 0.4) is 0 Å². The fraction of sp³-hybridized carbons (Fsp3) is 0.125. The van der Waals surface area contributed by atoms with E-state index in [1.807, 2.05) is 6.07 Å². The van der Waals surface area contributed by atoms with Crippen molar-refractivity contribution >= 4 is 21.6 Å². The van der Waals surface area contributed by atoms with Crippen molar-refractivity contribution in [3.8, 4) is 6.07 Å². The smallest absolute Gasteiger partial charge is 0.251 e. The van der Waals surface area contributed by atoms with Gasteiger partial charge >= 0.3 is 0 Å². The molecule has 2 N–H and O–H groups in total. The van der Waals surface area contributed by atoms with Crippen LogP contribution in [0.4, 0.5) is 5.69 Å². The van der Waals surface area contributed by atoms with Gasteiger partial charge in [-0.1, -0.05) is 18.2 Å². The second kappa shape index (κ2) is 6.94. The highest BCUT2D eigenvalue weighted by atomic mass is 32.2. The van der Waals surface area contributed by atoms with Gasteiger partial charge in [-0.2, -0.15) is 5.26 Å². The number of rotatable bonds is 5. The Kier molecular flexibility index (Phi) is 4.98. The van der Waals surface area contributed by atoms with Gasteiger partial charge < -0.3 is 5.32 Å². The van der Waals surface area contributed by atoms with Crippen molar-refractivity contribution in [1.29, 1.82) is 5.26 Å². The minimum atomic E-state index is -3.39. The molecule has 23 heavy (non-hydrogen) atoms. The van der Waals surface area contributed by atoms with Crippen LogP contribution in [0.25, 0.3) is 0 Å². The molecule has 118 valence electrons. The number of amides is 1. The van der Waals surface area contributed by atoms with Gasteiger partial charge in [-0.3, -0.25) is 9.52 Å². The Hall–Kier alpha value is -2.85. The van der Waals surface area contributed by atoms with Crippen LogP contribution >= 0.6 is 0 Å². The van der Waals surface area contributed by atoms with Crippen LogP contribution in [0.1, 0.15) is 21.5 Å². The monoisotopic (exact) mass is 329 g/mol. The summed E-state index contributed by atoms with van der Waals surface area (Å²) in [6.07, 6.45) is 1.05. The number of hydrogen-bond acceptors (Lipinski definition) is 4. The Morgan fingerprint density at radius 2 is 1.87 bits per heavy atom. The zero-order chi connectivity index (χ0) is 16.9. The number of sulfonamides is 1. The van der Waals surface area contributed by atoms with E-state index < -0.39 is 10.0 Å². The maximum Gasteiger partial charge on any atom is 0.251 e. The minimum Gasteiger partial charge on any atom is -0.348 e. The molecule has 6 nitrogen and oxygen atoms in total. The van der Waals surface area contributed by atoms with Crippen molar-refractivity contribution in [2.45, 2.75) is 6.54 Å². The van der Waals surface area contributed by atoms with Crippen LogP contribution < -0.4 is 10.0 Å². The van der Waals surface area contributed by atoms with E-state index in [0.717, 1.165) is 11.8 Å². The topological polar surface area (TPSA) is 99.1 Å². The first-order valence-electron chi connectivity index (χ1n) is 6.72. The third kappa shape index (κ3) is 5.13. The Bertz CT molecular complexity index is 853. The molecule has 0 aliphatic carbocycles. The minimum absolute atomic E-state index is 0.313. The quantitative estimate of drug-likeness (QED) is 0.874. The molecule has 0 saturated carbocycles. The van der Waals surface area contributed by atoms with Crippen LogP contribution in [0, 0.1) is 11.3 Å². The van der Waals surface area contributed by atoms with E-state index in [0.29, 0.717) is 23.4 Å². The van der Waals surface area contributed by atoms with Crippen LogP contribution in [-0.4, -0.2) is 20.6 Å². The van der Waals surface area contributed by atoms with Gasteiger partial charge in [0.1, 0.15) is 0 Å². The summed E-state index contributed by atoms with van der Waals surface area (Å²) in [6, 6.07) is 15.1. The second-order valence-electron chi connectivity index (χ2n) is 4.95. The molecule has 0 heterocycles. The molecule has 1 amide bonds. The second-order valence-corrected chi connectivity index (χ2v) is 6.69. The highest BCUT2D eigenvalue weighted by molar-refractivity contribution is 7.92. The summed E-state index contributed by atoms with van der Waals surface area (Å²) in [4.78, 5) is 12.1. The summed E-state index contributed by atoms with van der Waals surface area (Å²) in [7, 11) is -3.39. The Labute approximate surface area is 134 Å². The number of anilines is 1. The van der Waals surface area contributed by atoms with Crippen molar-refractivity contribution in [3.63, 3.8) is 0 Å². The van der Waals surface area contributed by atoms with Gasteiger partial charge in [0, 0.05) is 17.8 Å². The van der Waals surface area contributed by atoms with Gasteiger partial charge in [-0.05, 0) is 35.9 Å². The summed E-state index contributed by atoms with van der Waals surface area (Å²) in [6.45, 7) is 0.314. The van der Waals surface area contributed by atoms with E-state index in [4.69, 9.17) is 5.26 Å². The van der Waals surface area contributed by atoms with E-state index in [2.05, 4.69) is 10.0 Å². The van der Waals surface area contributed by atoms with Crippen LogP contribution in [0.5, 0.6) is 0 Å². The molecule has 0 spiro atoms. The van der Waals surface area contributed by atoms with E-state index in [-0.39, 0.29) is 5.91 Å². The van der Waals surface area contributed by atoms with Gasteiger partial charge in [0.2, 0.25) is 10.0 Å². The van der Waals surface area contributed by atoms with Crippen molar-refractivity contribution in [2.75, 3.05) is 11.0 Å². The summed E-state index contributed by atoms with van der Waals surface area (Å²) < 4.78 is 24.7. The third-order valence-corrected chi connectivity index (χ3v) is 3.57. The zero-order valence-electron chi connectivity index (χ0n) is 12.4. The number of carbonyl (C=O) groups is 1. The van der Waals surface area contributed by atoms with Gasteiger partial charge in [0.15, 0.2) is 0 Å². The van der Waals surface area contributed by atoms with Crippen LogP contribution in [-0.2, 0) is 16.6 Å². The summed E-state index contributed by atoms with van der Waals surface area (Å²) >= 11 is 0. The lowest BCUT2D eigenvalue weighted by Gasteiger charge is -2.08. The van der Waals surface area contributed by atoms with Gasteiger partial charge in [-0.25, -0.2) is 8.42 Å². The van der Waals surface area contributed by atoms with Gasteiger partial charge in [0.25, 0.3) is 5.91 Å². The summed E-state index contributed by atoms with van der Waals surface area (Å²) in [5.41, 5.74) is 2.10. The van der Waals surface area contributed by atoms with E-state index >= 15 is 0 Å². The van der Waals surface area contributed by atoms with E-state index in [1.165, 1.54) is 6.07 Å². The fourth-order valence-corrected chi connectivity index (χ4v) is 2.47. The van der Waals surface area contributed by atoms with Crippen molar-refractivity contribution in [3.05, 3.63) is 65.2 Å². The SMILES string of the molecule is CS(=O)(=O)Nc1cccc(C(=O)NCc2ccc(C#N)cc2)c1. The Morgan fingerprint density at radius 1 is 1.17 bits per heavy atom. The molecule has 0 atom stereocenters. The van der Waals surface area contributed by atoms with Gasteiger partial charge in [0.05, 0.1) is 17.9 Å². The number of carbonyl (C=O) groups excluding carboxylic acids is 1. The molecule has 0 aromatic heterocycles. The Balaban J connectivity index is 2.03. The number of nitrogens with zero attached hydrogens (tertiary/aromatic N) is 1. The molecule has 2 aromatic rings. The maximum atomic E-state index is 12.1. The average molecular weight is 329 g/mol. The zero-order valence-corrected chi connectivity index (χ0v) is 13.2. The fourth-order valence-electron chi connectivity index (χ4n) is 1.92. The van der Waals surface area contributed by atoms with Crippen molar-refractivity contribution < 1.29 is 13.2 Å². The largest absolute Gasteiger partial charge is 0.348 e. The van der Waals surface area contributed by atoms with E-state index in [1.54, 1.807) is 42.5 Å². The molecule has 0 bridgehead atoms. The standard InChI is InChI=1S/C16H15N3O3S/c1-23(21,22)19-15-4-2-3-14(9-15)16(20)18-11-13-7-5-12(10-17)6-8-13/h2-9,19H,11H2,1H3,(H,18,20). The first-order valence-corrected chi connectivity index (χ1v) is 8.61. The predicted molar refractivity (Wildman–Crippen MR) is 87.2 cm³/mol. The summed E-state index contributed by atoms with van der Waals surface area (Å²) in [5.74, 6) is -0.313. The molecule has 0 fully saturated rings. The number of nitriles is 1. The average Bonchev–Trinajstić information content (AvgIpc) is 2.51. The molecular weight excluding hydrogens is 314 g/mol. The normalized spacial score (nSPS) is 10.6. The molecule has 0 unspecified atom stereocenters. The maximum absolute atomic E-state index is 12.1. The molecule has 0 aliphatic heterocycles. The molecule has 7 heteroatoms. The molecule has 2 rings (SSSR count). The van der Waals surface area contributed by atoms with Gasteiger partial charge in [-0.15, -0.1) is 0 Å². The molecular formula is C16H15N3O3S. The highest BCUT2D eigenvalue weighted by Gasteiger charge is 2.08. The van der Waals surface area contributed by atoms with Crippen LogP contribution in [0.15, 0.2) is 48.5 Å². The summed E-state index contributed by atoms with van der Waals surface area (Å²) in [5, 5.41) is 11.5. The predicted octanol–water partition coefficient (Wildman–Crippen LogP) is 1.86. The highest BCUT2D eigenvalue weighted by Crippen LogP contribution is 2.12. The number of hydrogen-bond donors (Lipinski definition) is 2. The first kappa shape index (κ1) is 16.5. The molecule has 0 radical (unpaired) electrons. The lowest BCUT2D eigenvalue weighted by atomic mass is 10.1. The molecule has 0 aliphatic rings. The van der Waals surface area contributed by atoms with Crippen LogP contribution in [0.2, 0.25) is 0 Å². The molecule has 0 saturated heterocycles. The molecule has 2 aromatic carbocycles. The number of benzene rings is 2. The van der Waals surface area contributed by atoms with Crippen molar-refractivity contribution in [1.82, 2.24) is 5.32 Å². The van der Waals surface area contributed by atoms with E-state index in [9.17, 15) is 13.2 Å². The lowest BCUT2D eigenvalue weighted by molar-refractivity contribution is 0.0951. The third-order valence-electron chi connectivity index (χ3n) is 2.96. The number of nitrogens with one attached hydrogen (secondary N) is 2. The Morgan fingerprint density at radius 3 is 2.48 bits per heavy atom.